The zero-order chi connectivity index (χ0) is 15.5. The maximum Gasteiger partial charge on any atom is 0.152 e. The third-order valence-electron chi connectivity index (χ3n) is 2.95. The van der Waals surface area contributed by atoms with E-state index >= 15 is 0 Å². The predicted octanol–water partition coefficient (Wildman–Crippen LogP) is 4.47. The first kappa shape index (κ1) is 15.2. The Morgan fingerprint density at radius 2 is 1.05 bits per heavy atom. The molecule has 0 amide bonds. The van der Waals surface area contributed by atoms with Crippen molar-refractivity contribution in [3.8, 4) is 0 Å². The molecule has 1 aliphatic rings. The van der Waals surface area contributed by atoms with Crippen molar-refractivity contribution in [3.05, 3.63) is 58.6 Å². The minimum atomic E-state index is -0.480. The van der Waals surface area contributed by atoms with Gasteiger partial charge in [-0.15, -0.1) is 11.6 Å². The van der Waals surface area contributed by atoms with Crippen molar-refractivity contribution >= 4 is 57.8 Å². The molecule has 0 unspecified atom stereocenters. The fourth-order valence-corrected chi connectivity index (χ4v) is 2.32. The van der Waals surface area contributed by atoms with E-state index in [4.69, 9.17) is 34.8 Å². The normalized spacial score (nSPS) is 21.0. The first-order valence-corrected chi connectivity index (χ1v) is 7.65. The number of hydrazine groups is 1. The maximum absolute atomic E-state index is 6.37. The van der Waals surface area contributed by atoms with Gasteiger partial charge < -0.3 is 0 Å². The van der Waals surface area contributed by atoms with Crippen LogP contribution in [0.2, 0.25) is 10.0 Å². The third kappa shape index (κ3) is 3.53. The number of amidine groups is 2. The van der Waals surface area contributed by atoms with E-state index in [2.05, 4.69) is 20.8 Å². The Morgan fingerprint density at radius 3 is 1.41 bits per heavy atom. The average molecular weight is 354 g/mol. The number of benzene rings is 2. The highest BCUT2D eigenvalue weighted by atomic mass is 35.5. The second kappa shape index (κ2) is 6.57. The molecule has 112 valence electrons. The van der Waals surface area contributed by atoms with Crippen LogP contribution in [0.25, 0.3) is 0 Å². The summed E-state index contributed by atoms with van der Waals surface area (Å²) in [5.41, 5.74) is 7.37. The standard InChI is InChI=1S/C15H11Cl3N4/c16-9-1-5-11(6-2-9)19-14-13(18)15(22-21-14)20-12-7-3-10(17)4-8-12/h1-8,13H,(H,19,21)(H,20,22). The molecule has 2 aromatic rings. The lowest BCUT2D eigenvalue weighted by atomic mass is 10.3. The van der Waals surface area contributed by atoms with Gasteiger partial charge in [0.2, 0.25) is 0 Å². The van der Waals surface area contributed by atoms with Crippen LogP contribution in [-0.4, -0.2) is 17.0 Å². The van der Waals surface area contributed by atoms with E-state index in [0.29, 0.717) is 21.7 Å². The van der Waals surface area contributed by atoms with E-state index in [-0.39, 0.29) is 0 Å². The van der Waals surface area contributed by atoms with E-state index in [0.717, 1.165) is 11.4 Å². The minimum absolute atomic E-state index is 0.480. The summed E-state index contributed by atoms with van der Waals surface area (Å²) in [5, 5.41) is 0.842. The number of rotatable bonds is 2. The molecular weight excluding hydrogens is 343 g/mol. The van der Waals surface area contributed by atoms with E-state index in [1.807, 2.05) is 24.3 Å². The number of hydrogen-bond donors (Lipinski definition) is 2. The van der Waals surface area contributed by atoms with Crippen LogP contribution in [0.4, 0.5) is 11.4 Å². The Labute approximate surface area is 142 Å². The molecule has 2 aromatic carbocycles. The van der Waals surface area contributed by atoms with E-state index in [1.165, 1.54) is 0 Å². The van der Waals surface area contributed by atoms with Crippen LogP contribution in [0.3, 0.4) is 0 Å². The van der Waals surface area contributed by atoms with Gasteiger partial charge in [-0.3, -0.25) is 10.9 Å². The van der Waals surface area contributed by atoms with Crippen molar-refractivity contribution in [2.45, 2.75) is 5.38 Å². The summed E-state index contributed by atoms with van der Waals surface area (Å²) in [6.45, 7) is 0. The molecule has 0 saturated carbocycles. The number of alkyl halides is 1. The molecule has 3 rings (SSSR count). The molecule has 22 heavy (non-hydrogen) atoms. The minimum Gasteiger partial charge on any atom is -0.285 e. The summed E-state index contributed by atoms with van der Waals surface area (Å²) >= 11 is 18.1. The Bertz CT molecular complexity index is 660. The van der Waals surface area contributed by atoms with Crippen LogP contribution >= 0.6 is 34.8 Å². The van der Waals surface area contributed by atoms with Crippen LogP contribution < -0.4 is 10.9 Å². The van der Waals surface area contributed by atoms with Crippen molar-refractivity contribution in [2.75, 3.05) is 0 Å². The predicted molar refractivity (Wildman–Crippen MR) is 93.0 cm³/mol. The van der Waals surface area contributed by atoms with Gasteiger partial charge in [-0.2, -0.15) is 0 Å². The van der Waals surface area contributed by atoms with E-state index in [1.54, 1.807) is 24.3 Å². The number of nitrogens with zero attached hydrogens (tertiary/aromatic N) is 2. The smallest absolute Gasteiger partial charge is 0.152 e. The Hall–Kier alpha value is -1.75. The van der Waals surface area contributed by atoms with Gasteiger partial charge in [0, 0.05) is 10.0 Å². The molecule has 1 saturated heterocycles. The second-order valence-electron chi connectivity index (χ2n) is 4.56. The first-order chi connectivity index (χ1) is 10.6. The van der Waals surface area contributed by atoms with Gasteiger partial charge >= 0.3 is 0 Å². The van der Waals surface area contributed by atoms with Crippen LogP contribution in [0.5, 0.6) is 0 Å². The topological polar surface area (TPSA) is 48.8 Å². The summed E-state index contributed by atoms with van der Waals surface area (Å²) in [6, 6.07) is 14.4. The fourth-order valence-electron chi connectivity index (χ4n) is 1.86. The van der Waals surface area contributed by atoms with Gasteiger partial charge in [-0.25, -0.2) is 9.98 Å². The Balaban J connectivity index is 1.81. The molecule has 0 aliphatic carbocycles. The Kier molecular flexibility index (Phi) is 4.52. The summed E-state index contributed by atoms with van der Waals surface area (Å²) in [7, 11) is 0. The van der Waals surface area contributed by atoms with Gasteiger partial charge in [0.15, 0.2) is 5.38 Å². The first-order valence-electron chi connectivity index (χ1n) is 6.46. The molecule has 0 atom stereocenters. The molecular formula is C15H11Cl3N4. The monoisotopic (exact) mass is 352 g/mol. The van der Waals surface area contributed by atoms with Gasteiger partial charge in [0.05, 0.1) is 11.4 Å². The van der Waals surface area contributed by atoms with E-state index < -0.39 is 5.38 Å². The molecule has 2 N–H and O–H groups in total. The number of hydrogen-bond acceptors (Lipinski definition) is 2. The summed E-state index contributed by atoms with van der Waals surface area (Å²) in [4.78, 5) is 8.87. The molecule has 1 aliphatic heterocycles. The van der Waals surface area contributed by atoms with Crippen molar-refractivity contribution < 1.29 is 0 Å². The molecule has 1 fully saturated rings. The van der Waals surface area contributed by atoms with Crippen molar-refractivity contribution in [2.24, 2.45) is 9.98 Å². The van der Waals surface area contributed by atoms with Gasteiger partial charge in [-0.05, 0) is 48.5 Å². The number of aliphatic imine (C=N–C) groups is 2. The molecule has 0 bridgehead atoms. The van der Waals surface area contributed by atoms with Crippen LogP contribution in [0.1, 0.15) is 0 Å². The summed E-state index contributed by atoms with van der Waals surface area (Å²) < 4.78 is 0. The zero-order valence-corrected chi connectivity index (χ0v) is 13.5. The lowest BCUT2D eigenvalue weighted by Crippen LogP contribution is -2.28. The Morgan fingerprint density at radius 1 is 0.682 bits per heavy atom. The maximum atomic E-state index is 6.37. The van der Waals surface area contributed by atoms with E-state index in [9.17, 15) is 0 Å². The number of halogens is 3. The van der Waals surface area contributed by atoms with Crippen molar-refractivity contribution in [1.82, 2.24) is 10.9 Å². The quantitative estimate of drug-likeness (QED) is 0.783. The average Bonchev–Trinajstić information content (AvgIpc) is 2.85. The van der Waals surface area contributed by atoms with Crippen LogP contribution in [0, 0.1) is 0 Å². The fraction of sp³-hybridized carbons (Fsp3) is 0.0667. The molecule has 4 nitrogen and oxygen atoms in total. The lowest BCUT2D eigenvalue weighted by molar-refractivity contribution is 0.901. The van der Waals surface area contributed by atoms with Crippen molar-refractivity contribution in [1.29, 1.82) is 0 Å². The highest BCUT2D eigenvalue weighted by Crippen LogP contribution is 2.20. The highest BCUT2D eigenvalue weighted by Gasteiger charge is 2.27. The third-order valence-corrected chi connectivity index (χ3v) is 3.87. The van der Waals surface area contributed by atoms with Gasteiger partial charge in [0.25, 0.3) is 0 Å². The summed E-state index contributed by atoms with van der Waals surface area (Å²) in [5.74, 6) is 1.16. The highest BCUT2D eigenvalue weighted by molar-refractivity contribution is 6.45. The van der Waals surface area contributed by atoms with Gasteiger partial charge in [-0.1, -0.05) is 23.2 Å². The van der Waals surface area contributed by atoms with Crippen molar-refractivity contribution in [3.63, 3.8) is 0 Å². The lowest BCUT2D eigenvalue weighted by Gasteiger charge is -2.01. The van der Waals surface area contributed by atoms with Crippen LogP contribution in [-0.2, 0) is 0 Å². The van der Waals surface area contributed by atoms with Gasteiger partial charge in [0.1, 0.15) is 11.7 Å². The van der Waals surface area contributed by atoms with Crippen LogP contribution in [0.15, 0.2) is 58.5 Å². The summed E-state index contributed by atoms with van der Waals surface area (Å²) in [6.07, 6.45) is 0. The molecule has 0 radical (unpaired) electrons. The zero-order valence-electron chi connectivity index (χ0n) is 11.2. The molecule has 0 spiro atoms. The second-order valence-corrected chi connectivity index (χ2v) is 5.87. The largest absolute Gasteiger partial charge is 0.285 e. The molecule has 0 aromatic heterocycles. The SMILES string of the molecule is Clc1ccc(N=C2NNC(=Nc3ccc(Cl)cc3)C2Cl)cc1. The molecule has 1 heterocycles. The number of nitrogens with one attached hydrogen (secondary N) is 2. The molecule has 7 heteroatoms.